The van der Waals surface area contributed by atoms with Crippen LogP contribution in [-0.2, 0) is 11.3 Å². The van der Waals surface area contributed by atoms with Gasteiger partial charge < -0.3 is 19.7 Å². The van der Waals surface area contributed by atoms with Gasteiger partial charge in [0.25, 0.3) is 0 Å². The van der Waals surface area contributed by atoms with Gasteiger partial charge in [0, 0.05) is 26.0 Å². The first-order chi connectivity index (χ1) is 9.97. The van der Waals surface area contributed by atoms with Gasteiger partial charge in [-0.25, -0.2) is 9.78 Å². The summed E-state index contributed by atoms with van der Waals surface area (Å²) in [6.07, 6.45) is 3.73. The first-order valence-corrected chi connectivity index (χ1v) is 6.61. The van der Waals surface area contributed by atoms with E-state index in [-0.39, 0.29) is 12.6 Å². The fourth-order valence-electron chi connectivity index (χ4n) is 1.95. The summed E-state index contributed by atoms with van der Waals surface area (Å²) in [4.78, 5) is 28.4. The second kappa shape index (κ2) is 6.25. The van der Waals surface area contributed by atoms with Gasteiger partial charge in [-0.2, -0.15) is 0 Å². The van der Waals surface area contributed by atoms with E-state index in [0.29, 0.717) is 6.54 Å². The molecule has 0 aromatic carbocycles. The van der Waals surface area contributed by atoms with E-state index >= 15 is 0 Å². The maximum Gasteiger partial charge on any atom is 0.317 e. The highest BCUT2D eigenvalue weighted by Gasteiger charge is 2.17. The van der Waals surface area contributed by atoms with E-state index in [1.807, 2.05) is 35.0 Å². The molecule has 21 heavy (non-hydrogen) atoms. The van der Waals surface area contributed by atoms with Crippen LogP contribution in [0.1, 0.15) is 12.6 Å². The topological polar surface area (TPSA) is 86.9 Å². The predicted molar refractivity (Wildman–Crippen MR) is 76.9 cm³/mol. The van der Waals surface area contributed by atoms with Crippen molar-refractivity contribution in [2.45, 2.75) is 13.5 Å². The van der Waals surface area contributed by atoms with E-state index < -0.39 is 11.9 Å². The third-order valence-corrected chi connectivity index (χ3v) is 3.15. The lowest BCUT2D eigenvalue weighted by Gasteiger charge is -2.19. The second-order valence-corrected chi connectivity index (χ2v) is 4.98. The van der Waals surface area contributed by atoms with Crippen LogP contribution >= 0.6 is 0 Å². The zero-order chi connectivity index (χ0) is 15.4. The normalized spacial score (nSPS) is 12.1. The number of carboxylic acid groups (broad SMARTS) is 1. The number of fused-ring (bicyclic) bond motifs is 1. The summed E-state index contributed by atoms with van der Waals surface area (Å²) in [7, 11) is 1.57. The van der Waals surface area contributed by atoms with Crippen LogP contribution in [0, 0.1) is 5.92 Å². The standard InChI is InChI=1S/C14H18N4O3/c1-10(13(19)20)8-17(2)14(21)15-7-11-9-18-6-4-3-5-12(18)16-11/h3-6,9-10H,7-8H2,1-2H3,(H,15,21)(H,19,20). The fraction of sp³-hybridized carbons (Fsp3) is 0.357. The van der Waals surface area contributed by atoms with Crippen molar-refractivity contribution in [3.63, 3.8) is 0 Å². The van der Waals surface area contributed by atoms with Gasteiger partial charge in [0.15, 0.2) is 0 Å². The Morgan fingerprint density at radius 3 is 2.90 bits per heavy atom. The number of hydrogen-bond acceptors (Lipinski definition) is 3. The van der Waals surface area contributed by atoms with Crippen molar-refractivity contribution in [2.24, 2.45) is 5.92 Å². The first kappa shape index (κ1) is 14.8. The number of urea groups is 1. The third kappa shape index (κ3) is 3.71. The van der Waals surface area contributed by atoms with Crippen LogP contribution in [0.2, 0.25) is 0 Å². The van der Waals surface area contributed by atoms with Crippen LogP contribution in [0.25, 0.3) is 5.65 Å². The summed E-state index contributed by atoms with van der Waals surface area (Å²) in [5.74, 6) is -1.52. The van der Waals surface area contributed by atoms with Crippen LogP contribution < -0.4 is 5.32 Å². The quantitative estimate of drug-likeness (QED) is 0.866. The van der Waals surface area contributed by atoms with Crippen molar-refractivity contribution in [1.29, 1.82) is 0 Å². The smallest absolute Gasteiger partial charge is 0.317 e. The molecule has 0 saturated heterocycles. The van der Waals surface area contributed by atoms with E-state index in [2.05, 4.69) is 10.3 Å². The molecule has 0 saturated carbocycles. The molecular formula is C14H18N4O3. The average molecular weight is 290 g/mol. The van der Waals surface area contributed by atoms with Gasteiger partial charge in [-0.15, -0.1) is 0 Å². The molecule has 2 aromatic rings. The molecule has 1 atom stereocenters. The van der Waals surface area contributed by atoms with Gasteiger partial charge in [-0.05, 0) is 12.1 Å². The molecule has 2 aromatic heterocycles. The minimum atomic E-state index is -0.921. The van der Waals surface area contributed by atoms with E-state index in [0.717, 1.165) is 11.3 Å². The molecule has 7 heteroatoms. The van der Waals surface area contributed by atoms with Crippen LogP contribution in [-0.4, -0.2) is 45.0 Å². The van der Waals surface area contributed by atoms with Gasteiger partial charge in [-0.3, -0.25) is 4.79 Å². The summed E-state index contributed by atoms with van der Waals surface area (Å²) in [5, 5.41) is 11.6. The van der Waals surface area contributed by atoms with Crippen molar-refractivity contribution in [3.8, 4) is 0 Å². The lowest BCUT2D eigenvalue weighted by molar-refractivity contribution is -0.141. The molecule has 0 spiro atoms. The van der Waals surface area contributed by atoms with Crippen LogP contribution in [0.15, 0.2) is 30.6 Å². The molecule has 0 aliphatic carbocycles. The van der Waals surface area contributed by atoms with Crippen molar-refractivity contribution in [3.05, 3.63) is 36.3 Å². The number of rotatable bonds is 5. The van der Waals surface area contributed by atoms with Gasteiger partial charge in [0.05, 0.1) is 18.2 Å². The SMILES string of the molecule is CC(CN(C)C(=O)NCc1cn2ccccc2n1)C(=O)O. The summed E-state index contributed by atoms with van der Waals surface area (Å²) >= 11 is 0. The maximum absolute atomic E-state index is 11.9. The molecule has 7 nitrogen and oxygen atoms in total. The Morgan fingerprint density at radius 1 is 1.48 bits per heavy atom. The maximum atomic E-state index is 11.9. The van der Waals surface area contributed by atoms with Crippen molar-refractivity contribution in [1.82, 2.24) is 19.6 Å². The summed E-state index contributed by atoms with van der Waals surface area (Å²) in [6, 6.07) is 5.36. The summed E-state index contributed by atoms with van der Waals surface area (Å²) in [5.41, 5.74) is 1.56. The van der Waals surface area contributed by atoms with Crippen molar-refractivity contribution >= 4 is 17.6 Å². The highest BCUT2D eigenvalue weighted by molar-refractivity contribution is 5.75. The Hall–Kier alpha value is -2.57. The molecule has 0 aliphatic heterocycles. The van der Waals surface area contributed by atoms with Gasteiger partial charge in [-0.1, -0.05) is 13.0 Å². The molecule has 112 valence electrons. The molecule has 0 radical (unpaired) electrons. The Balaban J connectivity index is 1.89. The number of aliphatic carboxylic acids is 1. The molecule has 2 rings (SSSR count). The summed E-state index contributed by atoms with van der Waals surface area (Å²) < 4.78 is 1.87. The monoisotopic (exact) mass is 290 g/mol. The van der Waals surface area contributed by atoms with E-state index in [1.165, 1.54) is 4.90 Å². The first-order valence-electron chi connectivity index (χ1n) is 6.61. The molecule has 0 bridgehead atoms. The number of hydrogen-bond donors (Lipinski definition) is 2. The number of aromatic nitrogens is 2. The van der Waals surface area contributed by atoms with Crippen LogP contribution in [0.5, 0.6) is 0 Å². The number of pyridine rings is 1. The van der Waals surface area contributed by atoms with Crippen molar-refractivity contribution in [2.75, 3.05) is 13.6 Å². The molecular weight excluding hydrogens is 272 g/mol. The zero-order valence-electron chi connectivity index (χ0n) is 12.0. The number of carboxylic acids is 1. The molecule has 2 N–H and O–H groups in total. The Kier molecular flexibility index (Phi) is 4.42. The Labute approximate surface area is 122 Å². The Morgan fingerprint density at radius 2 is 2.24 bits per heavy atom. The fourth-order valence-corrected chi connectivity index (χ4v) is 1.95. The number of carbonyl (C=O) groups excluding carboxylic acids is 1. The highest BCUT2D eigenvalue weighted by atomic mass is 16.4. The van der Waals surface area contributed by atoms with Crippen molar-refractivity contribution < 1.29 is 14.7 Å². The molecule has 2 heterocycles. The van der Waals surface area contributed by atoms with E-state index in [4.69, 9.17) is 5.11 Å². The predicted octanol–water partition coefficient (Wildman–Crippen LogP) is 1.20. The lowest BCUT2D eigenvalue weighted by atomic mass is 10.2. The van der Waals surface area contributed by atoms with E-state index in [9.17, 15) is 9.59 Å². The number of carbonyl (C=O) groups is 2. The second-order valence-electron chi connectivity index (χ2n) is 4.98. The number of imidazole rings is 1. The molecule has 0 aliphatic rings. The number of nitrogens with zero attached hydrogens (tertiary/aromatic N) is 3. The van der Waals surface area contributed by atoms with Gasteiger partial charge >= 0.3 is 12.0 Å². The largest absolute Gasteiger partial charge is 0.481 e. The van der Waals surface area contributed by atoms with Gasteiger partial charge in [0.2, 0.25) is 0 Å². The van der Waals surface area contributed by atoms with E-state index in [1.54, 1.807) is 14.0 Å². The molecule has 0 fully saturated rings. The zero-order valence-corrected chi connectivity index (χ0v) is 12.0. The molecule has 1 unspecified atom stereocenters. The molecule has 2 amide bonds. The highest BCUT2D eigenvalue weighted by Crippen LogP contribution is 2.04. The number of nitrogens with one attached hydrogen (secondary N) is 1. The summed E-state index contributed by atoms with van der Waals surface area (Å²) in [6.45, 7) is 2.02. The Bertz CT molecular complexity index is 619. The van der Waals surface area contributed by atoms with Gasteiger partial charge in [0.1, 0.15) is 5.65 Å². The van der Waals surface area contributed by atoms with Crippen LogP contribution in [0.3, 0.4) is 0 Å². The average Bonchev–Trinajstić information content (AvgIpc) is 2.87. The lowest BCUT2D eigenvalue weighted by Crippen LogP contribution is -2.40. The third-order valence-electron chi connectivity index (χ3n) is 3.15. The van der Waals surface area contributed by atoms with Crippen LogP contribution in [0.4, 0.5) is 4.79 Å². The number of amides is 2. The minimum Gasteiger partial charge on any atom is -0.481 e. The minimum absolute atomic E-state index is 0.159.